The zero-order valence-corrected chi connectivity index (χ0v) is 51.3. The molecule has 0 N–H and O–H groups in total. The third-order valence-electron chi connectivity index (χ3n) is 16.4. The number of fused-ring (bicyclic) bond motifs is 3. The smallest absolute Gasteiger partial charge is 0.0743 e. The maximum atomic E-state index is 5.87. The Balaban J connectivity index is 0.00000347. The number of aliphatic imine (C=N–C) groups is 1. The van der Waals surface area contributed by atoms with Gasteiger partial charge in [0.05, 0.1) is 11.4 Å². The predicted molar refractivity (Wildman–Crippen MR) is 341 cm³/mol. The van der Waals surface area contributed by atoms with Crippen molar-refractivity contribution >= 4 is 28.1 Å². The number of rotatable bonds is 23. The predicted octanol–water partition coefficient (Wildman–Crippen LogP) is 23.1. The molecule has 0 atom stereocenters. The maximum Gasteiger partial charge on any atom is 0.0743 e. The Labute approximate surface area is 466 Å². The Morgan fingerprint density at radius 3 is 1.57 bits per heavy atom. The van der Waals surface area contributed by atoms with Gasteiger partial charge in [-0.25, -0.2) is 0 Å². The van der Waals surface area contributed by atoms with Crippen LogP contribution in [0, 0.1) is 12.3 Å². The highest BCUT2D eigenvalue weighted by molar-refractivity contribution is 6.04. The Morgan fingerprint density at radius 2 is 1.03 bits per heavy atom. The average Bonchev–Trinajstić information content (AvgIpc) is 3.67. The largest absolute Gasteiger partial charge is 0.252 e. The van der Waals surface area contributed by atoms with Gasteiger partial charge in [-0.15, -0.1) is 0 Å². The molecule has 0 saturated heterocycles. The molecule has 0 unspecified atom stereocenters. The molecule has 76 heavy (non-hydrogen) atoms. The van der Waals surface area contributed by atoms with Gasteiger partial charge in [-0.2, -0.15) is 0 Å². The minimum Gasteiger partial charge on any atom is -0.252 e. The molecule has 1 aliphatic rings. The van der Waals surface area contributed by atoms with Crippen molar-refractivity contribution in [2.75, 3.05) is 0 Å². The van der Waals surface area contributed by atoms with E-state index in [1.165, 1.54) is 154 Å². The number of hydrogen-bond acceptors (Lipinski definition) is 1. The van der Waals surface area contributed by atoms with Crippen LogP contribution in [0.2, 0.25) is 0 Å². The van der Waals surface area contributed by atoms with Crippen LogP contribution in [0.25, 0.3) is 27.8 Å². The minimum absolute atomic E-state index is 0.0273. The van der Waals surface area contributed by atoms with Crippen molar-refractivity contribution in [3.8, 4) is 11.1 Å². The van der Waals surface area contributed by atoms with E-state index in [0.717, 1.165) is 43.5 Å². The summed E-state index contributed by atoms with van der Waals surface area (Å²) in [5.41, 5.74) is 25.4. The van der Waals surface area contributed by atoms with Crippen LogP contribution in [0.5, 0.6) is 0 Å². The SMILES string of the molecule is CCC.CCCCCCC1(CCCCCC)c2cc(/C(C)=C/C=C(\CCC)c3ccc(/C(C)=C/C=C(\C)C(C)(C)C)c(C)c3N=C(Cc3ccc(CC)cc3)c3ccc(CC)cc3)ccc2-c2ccc(C(C)(C)C)cc21. The van der Waals surface area contributed by atoms with Gasteiger partial charge in [0.1, 0.15) is 0 Å². The molecule has 1 aliphatic carbocycles. The molecule has 0 saturated carbocycles. The number of aryl methyl sites for hydroxylation is 2. The van der Waals surface area contributed by atoms with Crippen molar-refractivity contribution in [2.45, 2.75) is 231 Å². The zero-order chi connectivity index (χ0) is 55.6. The normalized spacial score (nSPS) is 14.1. The molecule has 0 fully saturated rings. The van der Waals surface area contributed by atoms with Crippen LogP contribution >= 0.6 is 0 Å². The molecule has 0 radical (unpaired) electrons. The van der Waals surface area contributed by atoms with E-state index in [9.17, 15) is 0 Å². The number of nitrogens with zero attached hydrogens (tertiary/aromatic N) is 1. The van der Waals surface area contributed by atoms with Crippen molar-refractivity contribution in [3.63, 3.8) is 0 Å². The first kappa shape index (κ1) is 61.6. The number of unbranched alkanes of at least 4 members (excludes halogenated alkanes) is 6. The summed E-state index contributed by atoms with van der Waals surface area (Å²) in [5.74, 6) is 0. The molecule has 0 amide bonds. The molecule has 6 rings (SSSR count). The maximum absolute atomic E-state index is 5.87. The Morgan fingerprint density at radius 1 is 0.513 bits per heavy atom. The molecule has 408 valence electrons. The summed E-state index contributed by atoms with van der Waals surface area (Å²) in [4.78, 5) is 5.87. The van der Waals surface area contributed by atoms with Crippen molar-refractivity contribution in [1.82, 2.24) is 0 Å². The summed E-state index contributed by atoms with van der Waals surface area (Å²) < 4.78 is 0. The lowest BCUT2D eigenvalue weighted by molar-refractivity contribution is 0.400. The van der Waals surface area contributed by atoms with Gasteiger partial charge in [0.25, 0.3) is 0 Å². The average molecular weight is 1020 g/mol. The van der Waals surface area contributed by atoms with Gasteiger partial charge in [0, 0.05) is 17.4 Å². The molecule has 5 aromatic rings. The molecule has 0 heterocycles. The molecule has 0 aromatic heterocycles. The molecule has 0 bridgehead atoms. The highest BCUT2D eigenvalue weighted by atomic mass is 14.8. The molecule has 1 heteroatoms. The van der Waals surface area contributed by atoms with Crippen LogP contribution < -0.4 is 0 Å². The quantitative estimate of drug-likeness (QED) is 0.0351. The number of hydrogen-bond donors (Lipinski definition) is 0. The summed E-state index contributed by atoms with van der Waals surface area (Å²) >= 11 is 0. The number of benzene rings is 5. The molecule has 0 aliphatic heterocycles. The van der Waals surface area contributed by atoms with Gasteiger partial charge in [-0.3, -0.25) is 4.99 Å². The van der Waals surface area contributed by atoms with E-state index in [0.29, 0.717) is 0 Å². The molecule has 1 nitrogen and oxygen atoms in total. The first-order valence-corrected chi connectivity index (χ1v) is 30.2. The van der Waals surface area contributed by atoms with E-state index in [1.807, 2.05) is 0 Å². The van der Waals surface area contributed by atoms with Crippen LogP contribution in [-0.2, 0) is 30.1 Å². The van der Waals surface area contributed by atoms with E-state index in [1.54, 1.807) is 11.1 Å². The first-order chi connectivity index (χ1) is 36.3. The van der Waals surface area contributed by atoms with E-state index in [-0.39, 0.29) is 16.2 Å². The summed E-state index contributed by atoms with van der Waals surface area (Å²) in [5, 5.41) is 0. The topological polar surface area (TPSA) is 12.4 Å². The lowest BCUT2D eigenvalue weighted by Gasteiger charge is -2.34. The summed E-state index contributed by atoms with van der Waals surface area (Å²) in [7, 11) is 0. The van der Waals surface area contributed by atoms with Crippen LogP contribution in [0.15, 0.2) is 132 Å². The van der Waals surface area contributed by atoms with Gasteiger partial charge in [-0.1, -0.05) is 275 Å². The molecule has 5 aromatic carbocycles. The van der Waals surface area contributed by atoms with Gasteiger partial charge in [0.2, 0.25) is 0 Å². The highest BCUT2D eigenvalue weighted by Crippen LogP contribution is 2.55. The van der Waals surface area contributed by atoms with E-state index in [4.69, 9.17) is 4.99 Å². The molecular formula is C75H103N. The summed E-state index contributed by atoms with van der Waals surface area (Å²) in [6.07, 6.45) is 28.2. The van der Waals surface area contributed by atoms with E-state index >= 15 is 0 Å². The fourth-order valence-corrected chi connectivity index (χ4v) is 11.0. The fraction of sp³-hybridized carbons (Fsp3) is 0.480. The molecule has 0 spiro atoms. The van der Waals surface area contributed by atoms with E-state index in [2.05, 4.69) is 239 Å². The monoisotopic (exact) mass is 1020 g/mol. The van der Waals surface area contributed by atoms with Gasteiger partial charge in [0.15, 0.2) is 0 Å². The second-order valence-corrected chi connectivity index (χ2v) is 24.5. The lowest BCUT2D eigenvalue weighted by Crippen LogP contribution is -2.26. The third-order valence-corrected chi connectivity index (χ3v) is 16.4. The van der Waals surface area contributed by atoms with Crippen LogP contribution in [0.3, 0.4) is 0 Å². The van der Waals surface area contributed by atoms with Crippen molar-refractivity contribution in [2.24, 2.45) is 10.4 Å². The first-order valence-electron chi connectivity index (χ1n) is 30.2. The van der Waals surface area contributed by atoms with Crippen molar-refractivity contribution < 1.29 is 0 Å². The van der Waals surface area contributed by atoms with Gasteiger partial charge >= 0.3 is 0 Å². The zero-order valence-electron chi connectivity index (χ0n) is 51.3. The Hall–Kier alpha value is -5.27. The molecular weight excluding hydrogens is 915 g/mol. The van der Waals surface area contributed by atoms with Crippen molar-refractivity contribution in [3.05, 3.63) is 188 Å². The van der Waals surface area contributed by atoms with Crippen molar-refractivity contribution in [1.29, 1.82) is 0 Å². The van der Waals surface area contributed by atoms with Gasteiger partial charge in [-0.05, 0) is 160 Å². The van der Waals surface area contributed by atoms with Crippen LogP contribution in [0.1, 0.15) is 255 Å². The van der Waals surface area contributed by atoms with E-state index < -0.39 is 0 Å². The Kier molecular flexibility index (Phi) is 23.4. The van der Waals surface area contributed by atoms with Crippen LogP contribution in [-0.4, -0.2) is 5.71 Å². The van der Waals surface area contributed by atoms with Crippen LogP contribution in [0.4, 0.5) is 5.69 Å². The Bertz CT molecular complexity index is 2780. The number of allylic oxidation sites excluding steroid dienone is 8. The second-order valence-electron chi connectivity index (χ2n) is 24.5. The minimum atomic E-state index is 0.0273. The highest BCUT2D eigenvalue weighted by Gasteiger charge is 2.43. The summed E-state index contributed by atoms with van der Waals surface area (Å²) in [6, 6.07) is 38.1. The standard InChI is InChI=1S/C72H95N.C3H8/c1-16-21-23-25-46-72(47-26-24-22-17-2)66-49-60(40-42-64(66)65-43-41-61(50-67(65)72)71(13,14)15)51(6)29-37-58(27-18-3)63-45-44-62(52(7)28-30-53(8)70(10,11)12)54(9)69(63)73-68(59-38-35-56(20-5)36-39-59)48-57-33-31-55(19-4)32-34-57;1-3-2/h28-45,49-50H,16-27,46-48H2,1-15H3;3H2,1-2H3/b51-29+,52-28+,53-30+,58-37+,73-68?;. The second kappa shape index (κ2) is 28.9. The summed E-state index contributed by atoms with van der Waals surface area (Å²) in [6.45, 7) is 38.9. The fourth-order valence-electron chi connectivity index (χ4n) is 11.0. The van der Waals surface area contributed by atoms with Gasteiger partial charge < -0.3 is 0 Å². The lowest BCUT2D eigenvalue weighted by atomic mass is 9.69. The third kappa shape index (κ3) is 15.9.